The third-order valence-electron chi connectivity index (χ3n) is 3.20. The highest BCUT2D eigenvalue weighted by molar-refractivity contribution is 5.91. The Balaban J connectivity index is 1.81. The molecule has 0 aliphatic heterocycles. The van der Waals surface area contributed by atoms with Gasteiger partial charge in [-0.15, -0.1) is 0 Å². The van der Waals surface area contributed by atoms with E-state index in [4.69, 9.17) is 5.73 Å². The molecule has 3 N–H and O–H groups in total. The van der Waals surface area contributed by atoms with Gasteiger partial charge in [0.15, 0.2) is 0 Å². The van der Waals surface area contributed by atoms with Crippen LogP contribution in [-0.4, -0.2) is 15.5 Å². The lowest BCUT2D eigenvalue weighted by molar-refractivity contribution is -0.116. The van der Waals surface area contributed by atoms with E-state index >= 15 is 0 Å². The minimum absolute atomic E-state index is 0.0267. The Bertz CT molecular complexity index is 624. The number of amides is 1. The molecular weight excluding hydrogens is 271 g/mol. The molecular formula is C15H19FN4O. The molecule has 1 aromatic heterocycles. The van der Waals surface area contributed by atoms with Crippen molar-refractivity contribution in [2.24, 2.45) is 0 Å². The number of nitrogens with zero attached hydrogens (tertiary/aromatic N) is 2. The van der Waals surface area contributed by atoms with Crippen LogP contribution in [0.25, 0.3) is 0 Å². The van der Waals surface area contributed by atoms with Gasteiger partial charge in [0.25, 0.3) is 0 Å². The van der Waals surface area contributed by atoms with Gasteiger partial charge in [-0.25, -0.2) is 9.37 Å². The van der Waals surface area contributed by atoms with E-state index in [0.717, 1.165) is 18.8 Å². The second-order valence-corrected chi connectivity index (χ2v) is 4.78. The average Bonchev–Trinajstić information content (AvgIpc) is 2.90. The molecule has 1 heterocycles. The standard InChI is InChI=1S/C15H19FN4O/c1-2-14-18-7-9-20(14)8-3-4-15(21)19-11-5-6-12(16)13(17)10-11/h5-7,9-10H,2-4,8,17H2,1H3,(H,19,21). The van der Waals surface area contributed by atoms with Crippen molar-refractivity contribution in [1.82, 2.24) is 9.55 Å². The molecule has 0 spiro atoms. The van der Waals surface area contributed by atoms with E-state index in [1.54, 1.807) is 6.20 Å². The van der Waals surface area contributed by atoms with Crippen LogP contribution in [-0.2, 0) is 17.8 Å². The summed E-state index contributed by atoms with van der Waals surface area (Å²) in [5.74, 6) is 0.418. The maximum Gasteiger partial charge on any atom is 0.224 e. The summed E-state index contributed by atoms with van der Waals surface area (Å²) in [4.78, 5) is 16.1. The summed E-state index contributed by atoms with van der Waals surface area (Å²) < 4.78 is 15.1. The molecule has 2 aromatic rings. The molecule has 0 saturated carbocycles. The summed E-state index contributed by atoms with van der Waals surface area (Å²) in [6, 6.07) is 4.15. The molecule has 5 nitrogen and oxygen atoms in total. The molecule has 0 aliphatic rings. The number of hydrogen-bond acceptors (Lipinski definition) is 3. The summed E-state index contributed by atoms with van der Waals surface area (Å²) in [6.45, 7) is 2.80. The molecule has 1 aromatic carbocycles. The van der Waals surface area contributed by atoms with Gasteiger partial charge in [-0.05, 0) is 24.6 Å². The topological polar surface area (TPSA) is 72.9 Å². The van der Waals surface area contributed by atoms with Gasteiger partial charge < -0.3 is 15.6 Å². The fourth-order valence-electron chi connectivity index (χ4n) is 2.11. The zero-order valence-electron chi connectivity index (χ0n) is 12.0. The monoisotopic (exact) mass is 290 g/mol. The Morgan fingerprint density at radius 1 is 1.48 bits per heavy atom. The lowest BCUT2D eigenvalue weighted by Gasteiger charge is -2.08. The largest absolute Gasteiger partial charge is 0.396 e. The van der Waals surface area contributed by atoms with E-state index in [1.807, 2.05) is 17.7 Å². The first-order valence-electron chi connectivity index (χ1n) is 6.95. The molecule has 1 amide bonds. The van der Waals surface area contributed by atoms with E-state index in [9.17, 15) is 9.18 Å². The predicted molar refractivity (Wildman–Crippen MR) is 80.3 cm³/mol. The van der Waals surface area contributed by atoms with Gasteiger partial charge in [0, 0.05) is 37.5 Å². The van der Waals surface area contributed by atoms with Crippen LogP contribution < -0.4 is 11.1 Å². The van der Waals surface area contributed by atoms with Gasteiger partial charge >= 0.3 is 0 Å². The smallest absolute Gasteiger partial charge is 0.224 e. The van der Waals surface area contributed by atoms with E-state index < -0.39 is 5.82 Å². The second kappa shape index (κ2) is 6.88. The van der Waals surface area contributed by atoms with Gasteiger partial charge in [0.1, 0.15) is 11.6 Å². The van der Waals surface area contributed by atoms with E-state index in [-0.39, 0.29) is 11.6 Å². The highest BCUT2D eigenvalue weighted by Crippen LogP contribution is 2.16. The van der Waals surface area contributed by atoms with E-state index in [1.165, 1.54) is 18.2 Å². The lowest BCUT2D eigenvalue weighted by atomic mass is 10.2. The maximum atomic E-state index is 13.0. The number of aromatic nitrogens is 2. The molecule has 6 heteroatoms. The quantitative estimate of drug-likeness (QED) is 0.803. The van der Waals surface area contributed by atoms with Crippen LogP contribution in [0.2, 0.25) is 0 Å². The van der Waals surface area contributed by atoms with Crippen LogP contribution in [0.5, 0.6) is 0 Å². The summed E-state index contributed by atoms with van der Waals surface area (Å²) in [6.07, 6.45) is 5.65. The Hall–Kier alpha value is -2.37. The highest BCUT2D eigenvalue weighted by Gasteiger charge is 2.06. The molecule has 2 rings (SSSR count). The number of halogens is 1. The van der Waals surface area contributed by atoms with Crippen LogP contribution in [0.4, 0.5) is 15.8 Å². The number of hydrogen-bond donors (Lipinski definition) is 2. The first-order chi connectivity index (χ1) is 10.1. The zero-order valence-corrected chi connectivity index (χ0v) is 12.0. The normalized spacial score (nSPS) is 10.6. The van der Waals surface area contributed by atoms with E-state index in [0.29, 0.717) is 18.5 Å². The minimum Gasteiger partial charge on any atom is -0.396 e. The first-order valence-corrected chi connectivity index (χ1v) is 6.95. The molecule has 0 fully saturated rings. The van der Waals surface area contributed by atoms with Crippen molar-refractivity contribution >= 4 is 17.3 Å². The van der Waals surface area contributed by atoms with Crippen LogP contribution in [0.15, 0.2) is 30.6 Å². The molecule has 0 unspecified atom stereocenters. The van der Waals surface area contributed by atoms with Crippen molar-refractivity contribution in [2.45, 2.75) is 32.7 Å². The number of carbonyl (C=O) groups is 1. The van der Waals surface area contributed by atoms with Crippen molar-refractivity contribution in [3.63, 3.8) is 0 Å². The van der Waals surface area contributed by atoms with Gasteiger partial charge in [0.2, 0.25) is 5.91 Å². The molecule has 0 aliphatic carbocycles. The Kier molecular flexibility index (Phi) is 4.92. The molecule has 0 saturated heterocycles. The third-order valence-corrected chi connectivity index (χ3v) is 3.20. The first kappa shape index (κ1) is 15.0. The van der Waals surface area contributed by atoms with Crippen LogP contribution in [0.1, 0.15) is 25.6 Å². The van der Waals surface area contributed by atoms with Crippen molar-refractivity contribution in [3.8, 4) is 0 Å². The molecule has 0 radical (unpaired) electrons. The number of rotatable bonds is 6. The van der Waals surface area contributed by atoms with Gasteiger partial charge in [-0.2, -0.15) is 0 Å². The second-order valence-electron chi connectivity index (χ2n) is 4.78. The van der Waals surface area contributed by atoms with Gasteiger partial charge in [-0.3, -0.25) is 4.79 Å². The number of nitrogen functional groups attached to an aromatic ring is 1. The Morgan fingerprint density at radius 3 is 3.00 bits per heavy atom. The van der Waals surface area contributed by atoms with E-state index in [2.05, 4.69) is 10.3 Å². The number of aryl methyl sites for hydroxylation is 2. The van der Waals surface area contributed by atoms with Crippen LogP contribution in [0, 0.1) is 5.82 Å². The number of anilines is 2. The summed E-state index contributed by atoms with van der Waals surface area (Å²) in [5, 5.41) is 2.71. The van der Waals surface area contributed by atoms with Crippen molar-refractivity contribution in [2.75, 3.05) is 11.1 Å². The van der Waals surface area contributed by atoms with Crippen molar-refractivity contribution in [1.29, 1.82) is 0 Å². The molecule has 0 atom stereocenters. The molecule has 0 bridgehead atoms. The average molecular weight is 290 g/mol. The van der Waals surface area contributed by atoms with Crippen molar-refractivity contribution in [3.05, 3.63) is 42.2 Å². The number of benzene rings is 1. The fraction of sp³-hybridized carbons (Fsp3) is 0.333. The summed E-state index contributed by atoms with van der Waals surface area (Å²) in [5.41, 5.74) is 5.99. The zero-order chi connectivity index (χ0) is 15.2. The van der Waals surface area contributed by atoms with Crippen molar-refractivity contribution < 1.29 is 9.18 Å². The third kappa shape index (κ3) is 4.05. The maximum absolute atomic E-state index is 13.0. The number of nitrogens with two attached hydrogens (primary N) is 1. The number of nitrogens with one attached hydrogen (secondary N) is 1. The lowest BCUT2D eigenvalue weighted by Crippen LogP contribution is -2.13. The molecule has 112 valence electrons. The van der Waals surface area contributed by atoms with Gasteiger partial charge in [0.05, 0.1) is 5.69 Å². The number of carbonyl (C=O) groups excluding carboxylic acids is 1. The molecule has 21 heavy (non-hydrogen) atoms. The Labute approximate surface area is 123 Å². The minimum atomic E-state index is -0.486. The van der Waals surface area contributed by atoms with Crippen LogP contribution in [0.3, 0.4) is 0 Å². The fourth-order valence-corrected chi connectivity index (χ4v) is 2.11. The van der Waals surface area contributed by atoms with Crippen LogP contribution >= 0.6 is 0 Å². The predicted octanol–water partition coefficient (Wildman–Crippen LogP) is 2.59. The SMILES string of the molecule is CCc1nccn1CCCC(=O)Nc1ccc(F)c(N)c1. The van der Waals surface area contributed by atoms with Gasteiger partial charge in [-0.1, -0.05) is 6.92 Å². The summed E-state index contributed by atoms with van der Waals surface area (Å²) in [7, 11) is 0. The number of imidazole rings is 1. The summed E-state index contributed by atoms with van der Waals surface area (Å²) >= 11 is 0. The highest BCUT2D eigenvalue weighted by atomic mass is 19.1. The Morgan fingerprint density at radius 2 is 2.29 bits per heavy atom.